The van der Waals surface area contributed by atoms with E-state index in [0.717, 1.165) is 18.8 Å². The lowest BCUT2D eigenvalue weighted by Crippen LogP contribution is -2.29. The van der Waals surface area contributed by atoms with Crippen molar-refractivity contribution in [2.24, 2.45) is 0 Å². The highest BCUT2D eigenvalue weighted by molar-refractivity contribution is 7.92. The van der Waals surface area contributed by atoms with Gasteiger partial charge in [0.15, 0.2) is 0 Å². The van der Waals surface area contributed by atoms with Gasteiger partial charge >= 0.3 is 0 Å². The molecular formula is C17H20N2O2S. The lowest BCUT2D eigenvalue weighted by atomic mass is 10.1. The highest BCUT2D eigenvalue weighted by Gasteiger charge is 2.15. The number of nitrogens with one attached hydrogen (secondary N) is 1. The zero-order valence-electron chi connectivity index (χ0n) is 12.4. The fourth-order valence-corrected chi connectivity index (χ4v) is 3.80. The first kappa shape index (κ1) is 14.9. The average Bonchev–Trinajstić information content (AvgIpc) is 2.56. The zero-order valence-corrected chi connectivity index (χ0v) is 13.2. The van der Waals surface area contributed by atoms with E-state index in [1.807, 2.05) is 18.2 Å². The second-order valence-corrected chi connectivity index (χ2v) is 7.20. The van der Waals surface area contributed by atoms with Crippen molar-refractivity contribution in [2.75, 3.05) is 22.7 Å². The Morgan fingerprint density at radius 3 is 2.32 bits per heavy atom. The number of anilines is 2. The maximum absolute atomic E-state index is 12.4. The van der Waals surface area contributed by atoms with Gasteiger partial charge in [0.2, 0.25) is 0 Å². The summed E-state index contributed by atoms with van der Waals surface area (Å²) in [7, 11) is -3.53. The topological polar surface area (TPSA) is 49.4 Å². The minimum atomic E-state index is -3.53. The normalized spacial score (nSPS) is 15.5. The Labute approximate surface area is 131 Å². The molecule has 3 rings (SSSR count). The molecule has 1 heterocycles. The monoisotopic (exact) mass is 316 g/mol. The maximum Gasteiger partial charge on any atom is 0.261 e. The Hall–Kier alpha value is -2.01. The molecule has 1 saturated heterocycles. The molecule has 116 valence electrons. The van der Waals surface area contributed by atoms with Crippen LogP contribution >= 0.6 is 0 Å². The van der Waals surface area contributed by atoms with Gasteiger partial charge in [0, 0.05) is 18.8 Å². The van der Waals surface area contributed by atoms with E-state index in [2.05, 4.69) is 9.62 Å². The number of rotatable bonds is 4. The van der Waals surface area contributed by atoms with Crippen LogP contribution in [0, 0.1) is 0 Å². The van der Waals surface area contributed by atoms with Gasteiger partial charge in [-0.25, -0.2) is 8.42 Å². The van der Waals surface area contributed by atoms with Gasteiger partial charge in [-0.15, -0.1) is 0 Å². The Kier molecular flexibility index (Phi) is 4.34. The molecule has 0 radical (unpaired) electrons. The van der Waals surface area contributed by atoms with E-state index in [9.17, 15) is 8.42 Å². The van der Waals surface area contributed by atoms with Crippen LogP contribution in [-0.2, 0) is 10.0 Å². The summed E-state index contributed by atoms with van der Waals surface area (Å²) in [5, 5.41) is 0. The van der Waals surface area contributed by atoms with E-state index in [0.29, 0.717) is 5.69 Å². The molecule has 4 nitrogen and oxygen atoms in total. The lowest BCUT2D eigenvalue weighted by molar-refractivity contribution is 0.578. The molecule has 0 spiro atoms. The van der Waals surface area contributed by atoms with Crippen molar-refractivity contribution in [3.05, 3.63) is 54.6 Å². The second kappa shape index (κ2) is 6.40. The molecule has 1 aliphatic heterocycles. The molecule has 0 aliphatic carbocycles. The molecular weight excluding hydrogens is 296 g/mol. The minimum Gasteiger partial charge on any atom is -0.371 e. The highest BCUT2D eigenvalue weighted by atomic mass is 32.2. The van der Waals surface area contributed by atoms with Crippen molar-refractivity contribution in [3.8, 4) is 0 Å². The van der Waals surface area contributed by atoms with Gasteiger partial charge in [0.25, 0.3) is 10.0 Å². The van der Waals surface area contributed by atoms with Crippen molar-refractivity contribution >= 4 is 21.4 Å². The molecule has 1 N–H and O–H groups in total. The summed E-state index contributed by atoms with van der Waals surface area (Å²) in [4.78, 5) is 2.59. The lowest BCUT2D eigenvalue weighted by Gasteiger charge is -2.29. The molecule has 0 aromatic heterocycles. The molecule has 5 heteroatoms. The van der Waals surface area contributed by atoms with Crippen molar-refractivity contribution in [2.45, 2.75) is 24.2 Å². The van der Waals surface area contributed by atoms with Crippen LogP contribution in [0.1, 0.15) is 19.3 Å². The van der Waals surface area contributed by atoms with Gasteiger partial charge in [-0.1, -0.05) is 24.3 Å². The average molecular weight is 316 g/mol. The first-order valence-electron chi connectivity index (χ1n) is 7.58. The maximum atomic E-state index is 12.4. The SMILES string of the molecule is O=S(=O)(Nc1cccc(N2CCCCC2)c1)c1ccccc1. The van der Waals surface area contributed by atoms with E-state index in [1.165, 1.54) is 19.3 Å². The van der Waals surface area contributed by atoms with E-state index in [4.69, 9.17) is 0 Å². The Balaban J connectivity index is 1.81. The number of nitrogens with zero attached hydrogens (tertiary/aromatic N) is 1. The van der Waals surface area contributed by atoms with Crippen LogP contribution in [0.4, 0.5) is 11.4 Å². The van der Waals surface area contributed by atoms with E-state index >= 15 is 0 Å². The Morgan fingerprint density at radius 1 is 0.864 bits per heavy atom. The van der Waals surface area contributed by atoms with E-state index in [1.54, 1.807) is 36.4 Å². The molecule has 1 fully saturated rings. The second-order valence-electron chi connectivity index (χ2n) is 5.52. The standard InChI is InChI=1S/C17H20N2O2S/c20-22(21,17-10-3-1-4-11-17)18-15-8-7-9-16(14-15)19-12-5-2-6-13-19/h1,3-4,7-11,14,18H,2,5-6,12-13H2. The molecule has 1 aliphatic rings. The minimum absolute atomic E-state index is 0.276. The number of hydrogen-bond acceptors (Lipinski definition) is 3. The van der Waals surface area contributed by atoms with E-state index in [-0.39, 0.29) is 4.90 Å². The largest absolute Gasteiger partial charge is 0.371 e. The van der Waals surface area contributed by atoms with Crippen LogP contribution in [0.25, 0.3) is 0 Å². The highest BCUT2D eigenvalue weighted by Crippen LogP contribution is 2.24. The smallest absolute Gasteiger partial charge is 0.261 e. The van der Waals surface area contributed by atoms with Gasteiger partial charge in [-0.3, -0.25) is 4.72 Å². The van der Waals surface area contributed by atoms with Crippen LogP contribution in [0.3, 0.4) is 0 Å². The first-order valence-corrected chi connectivity index (χ1v) is 9.06. The number of hydrogen-bond donors (Lipinski definition) is 1. The van der Waals surface area contributed by atoms with Crippen molar-refractivity contribution in [1.29, 1.82) is 0 Å². The van der Waals surface area contributed by atoms with Gasteiger partial charge in [0.1, 0.15) is 0 Å². The quantitative estimate of drug-likeness (QED) is 0.939. The molecule has 0 amide bonds. The summed E-state index contributed by atoms with van der Waals surface area (Å²) in [5.41, 5.74) is 1.68. The van der Waals surface area contributed by atoms with Crippen molar-refractivity contribution < 1.29 is 8.42 Å². The van der Waals surface area contributed by atoms with Crippen LogP contribution in [-0.4, -0.2) is 21.5 Å². The number of sulfonamides is 1. The fraction of sp³-hybridized carbons (Fsp3) is 0.294. The van der Waals surface area contributed by atoms with Gasteiger partial charge in [-0.05, 0) is 49.6 Å². The molecule has 22 heavy (non-hydrogen) atoms. The molecule has 0 unspecified atom stereocenters. The van der Waals surface area contributed by atoms with Gasteiger partial charge in [-0.2, -0.15) is 0 Å². The summed E-state index contributed by atoms with van der Waals surface area (Å²) < 4.78 is 27.4. The fourth-order valence-electron chi connectivity index (χ4n) is 2.73. The molecule has 2 aromatic rings. The summed E-state index contributed by atoms with van der Waals surface area (Å²) in [6, 6.07) is 16.1. The molecule has 0 atom stereocenters. The summed E-state index contributed by atoms with van der Waals surface area (Å²) in [5.74, 6) is 0. The van der Waals surface area contributed by atoms with Crippen molar-refractivity contribution in [1.82, 2.24) is 0 Å². The van der Waals surface area contributed by atoms with Crippen LogP contribution in [0.2, 0.25) is 0 Å². The van der Waals surface area contributed by atoms with Crippen molar-refractivity contribution in [3.63, 3.8) is 0 Å². The van der Waals surface area contributed by atoms with Crippen LogP contribution in [0.15, 0.2) is 59.5 Å². The summed E-state index contributed by atoms with van der Waals surface area (Å²) in [6.45, 7) is 2.07. The third-order valence-electron chi connectivity index (χ3n) is 3.87. The zero-order chi connectivity index (χ0) is 15.4. The first-order chi connectivity index (χ1) is 10.6. The summed E-state index contributed by atoms with van der Waals surface area (Å²) in [6.07, 6.45) is 3.66. The predicted molar refractivity (Wildman–Crippen MR) is 89.8 cm³/mol. The molecule has 0 saturated carbocycles. The van der Waals surface area contributed by atoms with Gasteiger partial charge < -0.3 is 4.90 Å². The summed E-state index contributed by atoms with van der Waals surface area (Å²) >= 11 is 0. The molecule has 2 aromatic carbocycles. The third kappa shape index (κ3) is 3.42. The molecule has 0 bridgehead atoms. The number of benzene rings is 2. The van der Waals surface area contributed by atoms with E-state index < -0.39 is 10.0 Å². The Bertz CT molecular complexity index is 723. The van der Waals surface area contributed by atoms with Crippen LogP contribution < -0.4 is 9.62 Å². The van der Waals surface area contributed by atoms with Crippen LogP contribution in [0.5, 0.6) is 0 Å². The van der Waals surface area contributed by atoms with Gasteiger partial charge in [0.05, 0.1) is 10.6 Å². The third-order valence-corrected chi connectivity index (χ3v) is 5.27. The predicted octanol–water partition coefficient (Wildman–Crippen LogP) is 3.48. The number of piperidine rings is 1. The Morgan fingerprint density at radius 2 is 1.59 bits per heavy atom.